The molecular weight excluding hydrogens is 719 g/mol. The van der Waals surface area contributed by atoms with E-state index in [1.165, 1.54) is 6.08 Å². The van der Waals surface area contributed by atoms with Crippen molar-refractivity contribution in [3.05, 3.63) is 77.2 Å². The molecule has 0 saturated heterocycles. The molecule has 0 spiro atoms. The number of fused-ring (bicyclic) bond motifs is 1. The van der Waals surface area contributed by atoms with E-state index in [9.17, 15) is 4.79 Å². The van der Waals surface area contributed by atoms with Crippen molar-refractivity contribution in [2.75, 3.05) is 12.4 Å². The zero-order valence-electron chi connectivity index (χ0n) is 16.5. The van der Waals surface area contributed by atoms with Gasteiger partial charge in [-0.15, -0.1) is 0 Å². The molecule has 0 aliphatic rings. The fraction of sp³-hybridized carbons (Fsp3) is 0.0435. The SMILES string of the molecule is COc1c(Br)cc(Br)cc1C=CC(=O)Nc1ccc2oc(-c3cc(I)ccc3Br)nc2c1. The maximum Gasteiger partial charge on any atom is 0.248 e. The van der Waals surface area contributed by atoms with Gasteiger partial charge in [0.25, 0.3) is 0 Å². The molecule has 0 radical (unpaired) electrons. The minimum Gasteiger partial charge on any atom is -0.495 e. The van der Waals surface area contributed by atoms with Crippen LogP contribution in [0.5, 0.6) is 5.75 Å². The smallest absolute Gasteiger partial charge is 0.248 e. The Morgan fingerprint density at radius 1 is 1.09 bits per heavy atom. The number of carbonyl (C=O) groups is 1. The highest BCUT2D eigenvalue weighted by atomic mass is 127. The summed E-state index contributed by atoms with van der Waals surface area (Å²) >= 11 is 12.7. The molecule has 0 saturated carbocycles. The van der Waals surface area contributed by atoms with Gasteiger partial charge in [-0.2, -0.15) is 0 Å². The number of benzene rings is 3. The second-order valence-electron chi connectivity index (χ2n) is 6.66. The maximum atomic E-state index is 12.5. The number of oxazole rings is 1. The molecular formula is C23H14Br3IN2O3. The van der Waals surface area contributed by atoms with Crippen LogP contribution in [0.1, 0.15) is 5.56 Å². The van der Waals surface area contributed by atoms with Gasteiger partial charge in [-0.3, -0.25) is 4.79 Å². The number of halogens is 4. The first-order chi connectivity index (χ1) is 15.3. The van der Waals surface area contributed by atoms with Crippen molar-refractivity contribution in [2.45, 2.75) is 0 Å². The van der Waals surface area contributed by atoms with Crippen LogP contribution in [0.3, 0.4) is 0 Å². The first-order valence-electron chi connectivity index (χ1n) is 9.22. The predicted molar refractivity (Wildman–Crippen MR) is 146 cm³/mol. The maximum absolute atomic E-state index is 12.5. The van der Waals surface area contributed by atoms with Gasteiger partial charge in [0.15, 0.2) is 5.58 Å². The Morgan fingerprint density at radius 2 is 1.91 bits per heavy atom. The Hall–Kier alpha value is -1.69. The van der Waals surface area contributed by atoms with Gasteiger partial charge in [0.1, 0.15) is 11.3 Å². The van der Waals surface area contributed by atoms with E-state index in [0.717, 1.165) is 28.1 Å². The molecule has 162 valence electrons. The Bertz CT molecular complexity index is 1370. The summed E-state index contributed by atoms with van der Waals surface area (Å²) in [7, 11) is 1.58. The molecule has 0 bridgehead atoms. The van der Waals surface area contributed by atoms with Gasteiger partial charge in [-0.25, -0.2) is 4.98 Å². The Balaban J connectivity index is 1.55. The fourth-order valence-corrected chi connectivity index (χ4v) is 5.38. The minimum absolute atomic E-state index is 0.272. The molecule has 9 heteroatoms. The average Bonchev–Trinajstić information content (AvgIpc) is 3.17. The van der Waals surface area contributed by atoms with Crippen LogP contribution in [0.4, 0.5) is 5.69 Å². The van der Waals surface area contributed by atoms with Crippen LogP contribution in [0.15, 0.2) is 72.4 Å². The lowest BCUT2D eigenvalue weighted by Crippen LogP contribution is -2.07. The lowest BCUT2D eigenvalue weighted by atomic mass is 10.2. The second kappa shape index (κ2) is 10.1. The first-order valence-corrected chi connectivity index (χ1v) is 12.7. The number of carbonyl (C=O) groups excluding carboxylic acids is 1. The summed E-state index contributed by atoms with van der Waals surface area (Å²) < 4.78 is 15.0. The average molecular weight is 733 g/mol. The molecule has 0 fully saturated rings. The summed E-state index contributed by atoms with van der Waals surface area (Å²) in [5, 5.41) is 2.86. The lowest BCUT2D eigenvalue weighted by Gasteiger charge is -2.08. The molecule has 3 aromatic carbocycles. The zero-order chi connectivity index (χ0) is 22.8. The van der Waals surface area contributed by atoms with Crippen molar-refractivity contribution < 1.29 is 13.9 Å². The Labute approximate surface area is 223 Å². The number of anilines is 1. The number of nitrogens with one attached hydrogen (secondary N) is 1. The number of nitrogens with zero attached hydrogens (tertiary/aromatic N) is 1. The molecule has 32 heavy (non-hydrogen) atoms. The highest BCUT2D eigenvalue weighted by molar-refractivity contribution is 14.1. The van der Waals surface area contributed by atoms with E-state index in [2.05, 4.69) is 80.7 Å². The summed E-state index contributed by atoms with van der Waals surface area (Å²) in [6.07, 6.45) is 3.16. The number of amides is 1. The number of ether oxygens (including phenoxy) is 1. The number of aromatic nitrogens is 1. The molecule has 4 aromatic rings. The molecule has 0 atom stereocenters. The third kappa shape index (κ3) is 5.27. The van der Waals surface area contributed by atoms with Gasteiger partial charge in [-0.1, -0.05) is 15.9 Å². The molecule has 1 amide bonds. The number of methoxy groups -OCH3 is 1. The van der Waals surface area contributed by atoms with Crippen molar-refractivity contribution >= 4 is 99.2 Å². The third-order valence-corrected chi connectivity index (χ3v) is 6.88. The predicted octanol–water partition coefficient (Wildman–Crippen LogP) is 8.05. The van der Waals surface area contributed by atoms with Crippen LogP contribution in [0.25, 0.3) is 28.6 Å². The summed E-state index contributed by atoms with van der Waals surface area (Å²) in [6, 6.07) is 15.1. The molecule has 0 aliphatic heterocycles. The van der Waals surface area contributed by atoms with E-state index < -0.39 is 0 Å². The molecule has 0 aliphatic carbocycles. The molecule has 1 N–H and O–H groups in total. The Morgan fingerprint density at radius 3 is 2.69 bits per heavy atom. The summed E-state index contributed by atoms with van der Waals surface area (Å²) in [5.74, 6) is 0.892. The molecule has 4 rings (SSSR count). The van der Waals surface area contributed by atoms with Crippen LogP contribution in [-0.4, -0.2) is 18.0 Å². The quantitative estimate of drug-likeness (QED) is 0.167. The summed E-state index contributed by atoms with van der Waals surface area (Å²) in [4.78, 5) is 17.1. The fourth-order valence-electron chi connectivity index (χ4n) is 3.05. The van der Waals surface area contributed by atoms with Crippen LogP contribution in [0.2, 0.25) is 0 Å². The van der Waals surface area contributed by atoms with E-state index in [0.29, 0.717) is 28.4 Å². The molecule has 1 aromatic heterocycles. The summed E-state index contributed by atoms with van der Waals surface area (Å²) in [5.41, 5.74) is 3.56. The van der Waals surface area contributed by atoms with Crippen molar-refractivity contribution in [2.24, 2.45) is 0 Å². The van der Waals surface area contributed by atoms with Crippen molar-refractivity contribution in [1.82, 2.24) is 4.98 Å². The number of rotatable bonds is 5. The van der Waals surface area contributed by atoms with Crippen LogP contribution < -0.4 is 10.1 Å². The normalized spacial score (nSPS) is 11.3. The van der Waals surface area contributed by atoms with Crippen molar-refractivity contribution in [1.29, 1.82) is 0 Å². The van der Waals surface area contributed by atoms with Crippen molar-refractivity contribution in [3.8, 4) is 17.2 Å². The molecule has 1 heterocycles. The highest BCUT2D eigenvalue weighted by Crippen LogP contribution is 2.34. The van der Waals surface area contributed by atoms with Gasteiger partial charge in [0, 0.05) is 29.8 Å². The highest BCUT2D eigenvalue weighted by Gasteiger charge is 2.13. The number of hydrogen-bond acceptors (Lipinski definition) is 4. The standard InChI is InChI=1S/C23H14Br3IN2O3/c1-31-22-12(8-13(24)9-18(22)26)2-7-21(30)28-15-4-6-20-19(11-15)29-23(32-20)16-10-14(27)3-5-17(16)25/h2-11H,1H3,(H,28,30). The zero-order valence-corrected chi connectivity index (χ0v) is 23.4. The van der Waals surface area contributed by atoms with Gasteiger partial charge in [-0.05, 0) is 109 Å². The Kier molecular flexibility index (Phi) is 7.38. The van der Waals surface area contributed by atoms with Crippen LogP contribution in [-0.2, 0) is 4.79 Å². The largest absolute Gasteiger partial charge is 0.495 e. The van der Waals surface area contributed by atoms with E-state index in [1.54, 1.807) is 31.4 Å². The van der Waals surface area contributed by atoms with Gasteiger partial charge < -0.3 is 14.5 Å². The minimum atomic E-state index is -0.272. The first kappa shape index (κ1) is 23.5. The van der Waals surface area contributed by atoms with Gasteiger partial charge in [0.05, 0.1) is 17.1 Å². The topological polar surface area (TPSA) is 64.4 Å². The molecule has 0 unspecified atom stereocenters. The van der Waals surface area contributed by atoms with E-state index in [1.807, 2.05) is 30.3 Å². The van der Waals surface area contributed by atoms with Crippen LogP contribution >= 0.6 is 70.4 Å². The number of hydrogen-bond donors (Lipinski definition) is 1. The van der Waals surface area contributed by atoms with Crippen LogP contribution in [0, 0.1) is 3.57 Å². The van der Waals surface area contributed by atoms with Gasteiger partial charge >= 0.3 is 0 Å². The van der Waals surface area contributed by atoms with Crippen molar-refractivity contribution in [3.63, 3.8) is 0 Å². The summed E-state index contributed by atoms with van der Waals surface area (Å²) in [6.45, 7) is 0. The monoisotopic (exact) mass is 730 g/mol. The van der Waals surface area contributed by atoms with E-state index >= 15 is 0 Å². The second-order valence-corrected chi connectivity index (χ2v) is 10.5. The van der Waals surface area contributed by atoms with Gasteiger partial charge in [0.2, 0.25) is 11.8 Å². The third-order valence-electron chi connectivity index (χ3n) is 4.47. The molecule has 5 nitrogen and oxygen atoms in total. The lowest BCUT2D eigenvalue weighted by molar-refractivity contribution is -0.111. The van der Waals surface area contributed by atoms with E-state index in [4.69, 9.17) is 9.15 Å². The van der Waals surface area contributed by atoms with E-state index in [-0.39, 0.29) is 5.91 Å².